The van der Waals surface area contributed by atoms with Crippen molar-refractivity contribution in [3.63, 3.8) is 0 Å². The molecule has 1 aromatic carbocycles. The maximum atomic E-state index is 11.7. The standard InChI is InChI=1S/C12H11NO4S2/c14-8-3-1-7(2-4-8)5-9(11(16)17)13-10(15)6-19-12(13)18/h1-4,9,14H,5-6H2,(H,16,17)/p-1/t9-/m0/s1. The largest absolute Gasteiger partial charge is 0.548 e. The van der Waals surface area contributed by atoms with Gasteiger partial charge in [-0.3, -0.25) is 9.69 Å². The van der Waals surface area contributed by atoms with Crippen molar-refractivity contribution in [2.24, 2.45) is 0 Å². The van der Waals surface area contributed by atoms with E-state index in [2.05, 4.69) is 0 Å². The number of hydrogen-bond donors (Lipinski definition) is 1. The first kappa shape index (κ1) is 13.8. The Labute approximate surface area is 119 Å². The van der Waals surface area contributed by atoms with E-state index < -0.39 is 12.0 Å². The number of rotatable bonds is 4. The number of thioether (sulfide) groups is 1. The number of aliphatic carboxylic acids is 1. The topological polar surface area (TPSA) is 80.7 Å². The van der Waals surface area contributed by atoms with Gasteiger partial charge in [0.05, 0.1) is 17.8 Å². The Balaban J connectivity index is 2.21. The maximum Gasteiger partial charge on any atom is 0.239 e. The second kappa shape index (κ2) is 5.58. The Morgan fingerprint density at radius 3 is 2.58 bits per heavy atom. The number of thiocarbonyl (C=S) groups is 1. The summed E-state index contributed by atoms with van der Waals surface area (Å²) >= 11 is 6.14. The zero-order valence-corrected chi connectivity index (χ0v) is 11.4. The van der Waals surface area contributed by atoms with E-state index >= 15 is 0 Å². The minimum absolute atomic E-state index is 0.0923. The Hall–Kier alpha value is -1.60. The number of carboxylic acids is 1. The molecule has 1 aliphatic rings. The molecule has 1 aliphatic heterocycles. The monoisotopic (exact) mass is 296 g/mol. The SMILES string of the molecule is O=C([O-])[C@H](Cc1ccc(O)cc1)N1C(=O)CSC1=S. The summed E-state index contributed by atoms with van der Waals surface area (Å²) in [6.07, 6.45) is 0.0923. The van der Waals surface area contributed by atoms with Crippen molar-refractivity contribution in [3.8, 4) is 5.75 Å². The summed E-state index contributed by atoms with van der Waals surface area (Å²) in [5.41, 5.74) is 0.680. The lowest BCUT2D eigenvalue weighted by atomic mass is 10.0. The Morgan fingerprint density at radius 2 is 2.11 bits per heavy atom. The Kier molecular flexibility index (Phi) is 4.06. The first-order valence-corrected chi connectivity index (χ1v) is 6.86. The highest BCUT2D eigenvalue weighted by atomic mass is 32.2. The van der Waals surface area contributed by atoms with Crippen LogP contribution in [0.5, 0.6) is 5.75 Å². The van der Waals surface area contributed by atoms with Crippen LogP contribution in [0.1, 0.15) is 5.56 Å². The van der Waals surface area contributed by atoms with Gasteiger partial charge in [0.2, 0.25) is 5.91 Å². The average Bonchev–Trinajstić information content (AvgIpc) is 2.68. The van der Waals surface area contributed by atoms with Crippen LogP contribution < -0.4 is 5.11 Å². The van der Waals surface area contributed by atoms with Crippen LogP contribution in [0.2, 0.25) is 0 Å². The van der Waals surface area contributed by atoms with Crippen molar-refractivity contribution in [1.29, 1.82) is 0 Å². The number of carbonyl (C=O) groups is 2. The number of hydrogen-bond acceptors (Lipinski definition) is 6. The normalized spacial score (nSPS) is 16.7. The molecule has 100 valence electrons. The van der Waals surface area contributed by atoms with Crippen molar-refractivity contribution in [1.82, 2.24) is 4.90 Å². The smallest absolute Gasteiger partial charge is 0.239 e. The summed E-state index contributed by atoms with van der Waals surface area (Å²) in [6.45, 7) is 0. The van der Waals surface area contributed by atoms with Crippen molar-refractivity contribution in [2.75, 3.05) is 5.75 Å². The van der Waals surface area contributed by atoms with Crippen LogP contribution in [-0.2, 0) is 16.0 Å². The number of phenols is 1. The molecule has 1 N–H and O–H groups in total. The fourth-order valence-corrected chi connectivity index (χ4v) is 2.96. The van der Waals surface area contributed by atoms with E-state index in [0.717, 1.165) is 16.7 Å². The summed E-state index contributed by atoms with van der Waals surface area (Å²) in [4.78, 5) is 24.0. The van der Waals surface area contributed by atoms with E-state index in [4.69, 9.17) is 12.2 Å². The van der Waals surface area contributed by atoms with Gasteiger partial charge in [0.25, 0.3) is 0 Å². The molecule has 0 saturated carbocycles. The third-order valence-corrected chi connectivity index (χ3v) is 4.12. The van der Waals surface area contributed by atoms with Crippen LogP contribution in [-0.4, -0.2) is 38.0 Å². The number of carboxylic acid groups (broad SMARTS) is 1. The highest BCUT2D eigenvalue weighted by Gasteiger charge is 2.33. The Bertz CT molecular complexity index is 513. The molecule has 1 fully saturated rings. The molecular formula is C12H10NO4S2-. The molecule has 0 aliphatic carbocycles. The third-order valence-electron chi connectivity index (χ3n) is 2.73. The quantitative estimate of drug-likeness (QED) is 0.782. The molecule has 0 radical (unpaired) electrons. The average molecular weight is 296 g/mol. The van der Waals surface area contributed by atoms with E-state index in [0.29, 0.717) is 5.56 Å². The van der Waals surface area contributed by atoms with E-state index in [1.807, 2.05) is 0 Å². The molecule has 1 saturated heterocycles. The van der Waals surface area contributed by atoms with Gasteiger partial charge in [-0.15, -0.1) is 0 Å². The van der Waals surface area contributed by atoms with Crippen molar-refractivity contribution < 1.29 is 19.8 Å². The molecule has 5 nitrogen and oxygen atoms in total. The fourth-order valence-electron chi connectivity index (χ4n) is 1.80. The van der Waals surface area contributed by atoms with Crippen molar-refractivity contribution in [3.05, 3.63) is 29.8 Å². The van der Waals surface area contributed by atoms with Gasteiger partial charge in [-0.05, 0) is 24.1 Å². The van der Waals surface area contributed by atoms with E-state index in [9.17, 15) is 19.8 Å². The highest BCUT2D eigenvalue weighted by Crippen LogP contribution is 2.24. The molecule has 1 amide bonds. The van der Waals surface area contributed by atoms with Crippen LogP contribution in [0.15, 0.2) is 24.3 Å². The maximum absolute atomic E-state index is 11.7. The first-order valence-electron chi connectivity index (χ1n) is 5.46. The van der Waals surface area contributed by atoms with E-state index in [1.54, 1.807) is 12.1 Å². The zero-order chi connectivity index (χ0) is 14.0. The second-order valence-electron chi connectivity index (χ2n) is 4.02. The summed E-state index contributed by atoms with van der Waals surface area (Å²) in [5, 5.41) is 20.4. The van der Waals surface area contributed by atoms with E-state index in [-0.39, 0.29) is 28.2 Å². The van der Waals surface area contributed by atoms with Gasteiger partial charge in [0.15, 0.2) is 0 Å². The number of amides is 1. The Morgan fingerprint density at radius 1 is 1.47 bits per heavy atom. The fraction of sp³-hybridized carbons (Fsp3) is 0.250. The third kappa shape index (κ3) is 3.05. The second-order valence-corrected chi connectivity index (χ2v) is 5.63. The molecule has 2 rings (SSSR count). The van der Waals surface area contributed by atoms with Crippen molar-refractivity contribution >= 4 is 40.2 Å². The molecule has 1 aromatic rings. The predicted octanol–water partition coefficient (Wildman–Crippen LogP) is -0.0865. The van der Waals surface area contributed by atoms with Crippen LogP contribution in [0.25, 0.3) is 0 Å². The lowest BCUT2D eigenvalue weighted by Gasteiger charge is -2.28. The lowest BCUT2D eigenvalue weighted by molar-refractivity contribution is -0.310. The molecular weight excluding hydrogens is 286 g/mol. The molecule has 0 unspecified atom stereocenters. The number of phenolic OH excluding ortho intramolecular Hbond substituents is 1. The van der Waals surface area contributed by atoms with Gasteiger partial charge in [0.1, 0.15) is 10.1 Å². The number of nitrogens with zero attached hydrogens (tertiary/aromatic N) is 1. The molecule has 0 aromatic heterocycles. The van der Waals surface area contributed by atoms with E-state index in [1.165, 1.54) is 12.1 Å². The van der Waals surface area contributed by atoms with Gasteiger partial charge in [-0.2, -0.15) is 0 Å². The van der Waals surface area contributed by atoms with Gasteiger partial charge >= 0.3 is 0 Å². The number of benzene rings is 1. The molecule has 1 atom stereocenters. The predicted molar refractivity (Wildman–Crippen MR) is 72.5 cm³/mol. The summed E-state index contributed by atoms with van der Waals surface area (Å²) in [6, 6.07) is 5.00. The summed E-state index contributed by atoms with van der Waals surface area (Å²) in [7, 11) is 0. The van der Waals surface area contributed by atoms with Crippen LogP contribution >= 0.6 is 24.0 Å². The van der Waals surface area contributed by atoms with Gasteiger partial charge in [0, 0.05) is 0 Å². The van der Waals surface area contributed by atoms with Gasteiger partial charge in [-0.1, -0.05) is 36.1 Å². The van der Waals surface area contributed by atoms with Crippen LogP contribution in [0, 0.1) is 0 Å². The summed E-state index contributed by atoms with van der Waals surface area (Å²) < 4.78 is 0.262. The van der Waals surface area contributed by atoms with Crippen LogP contribution in [0.4, 0.5) is 0 Å². The number of carbonyl (C=O) groups excluding carboxylic acids is 2. The van der Waals surface area contributed by atoms with Crippen molar-refractivity contribution in [2.45, 2.75) is 12.5 Å². The van der Waals surface area contributed by atoms with Gasteiger partial charge in [-0.25, -0.2) is 0 Å². The molecule has 1 heterocycles. The lowest BCUT2D eigenvalue weighted by Crippen LogP contribution is -2.51. The minimum atomic E-state index is -1.34. The highest BCUT2D eigenvalue weighted by molar-refractivity contribution is 8.23. The molecule has 7 heteroatoms. The molecule has 0 spiro atoms. The minimum Gasteiger partial charge on any atom is -0.548 e. The zero-order valence-electron chi connectivity index (χ0n) is 9.74. The number of aromatic hydroxyl groups is 1. The van der Waals surface area contributed by atoms with Crippen LogP contribution in [0.3, 0.4) is 0 Å². The molecule has 19 heavy (non-hydrogen) atoms. The van der Waals surface area contributed by atoms with Gasteiger partial charge < -0.3 is 15.0 Å². The molecule has 0 bridgehead atoms. The first-order chi connectivity index (χ1) is 8.99. The summed E-state index contributed by atoms with van der Waals surface area (Å²) in [5.74, 6) is -1.40.